The fourth-order valence-electron chi connectivity index (χ4n) is 5.61. The third kappa shape index (κ3) is 5.80. The molecule has 2 atom stereocenters. The number of rotatable bonds is 5. The average molecular weight is 468 g/mol. The van der Waals surface area contributed by atoms with Gasteiger partial charge in [0, 0.05) is 28.0 Å². The van der Waals surface area contributed by atoms with E-state index < -0.39 is 8.56 Å². The minimum atomic E-state index is -2.39. The van der Waals surface area contributed by atoms with Crippen molar-refractivity contribution in [2.45, 2.75) is 97.8 Å². The number of hydrogen-bond acceptors (Lipinski definition) is 5. The SMILES string of the molecule is CC(C)(C)N[Si]1(C)N(C(C)(C)C)C(Nc2ccccc2)C(Nc2ccccc2)N1C(C)(C)C. The predicted octanol–water partition coefficient (Wildman–Crippen LogP) is 6.03. The maximum atomic E-state index is 4.15. The molecule has 6 heteroatoms. The molecule has 2 aromatic rings. The Bertz CT molecular complexity index is 831. The van der Waals surface area contributed by atoms with E-state index in [-0.39, 0.29) is 28.9 Å². The number of hydrogen-bond donors (Lipinski definition) is 3. The van der Waals surface area contributed by atoms with E-state index >= 15 is 0 Å². The molecule has 0 aromatic heterocycles. The molecule has 1 saturated heterocycles. The van der Waals surface area contributed by atoms with Gasteiger partial charge in [-0.3, -0.25) is 9.13 Å². The molecule has 2 unspecified atom stereocenters. The van der Waals surface area contributed by atoms with Crippen molar-refractivity contribution in [2.24, 2.45) is 0 Å². The predicted molar refractivity (Wildman–Crippen MR) is 145 cm³/mol. The molecule has 0 amide bonds. The van der Waals surface area contributed by atoms with E-state index in [9.17, 15) is 0 Å². The highest BCUT2D eigenvalue weighted by molar-refractivity contribution is 6.72. The van der Waals surface area contributed by atoms with Crippen LogP contribution in [0.25, 0.3) is 0 Å². The van der Waals surface area contributed by atoms with Gasteiger partial charge in [0.15, 0.2) is 0 Å². The Kier molecular flexibility index (Phi) is 7.07. The van der Waals surface area contributed by atoms with E-state index in [1.807, 2.05) is 0 Å². The van der Waals surface area contributed by atoms with Gasteiger partial charge in [0.1, 0.15) is 12.3 Å². The lowest BCUT2D eigenvalue weighted by Gasteiger charge is -2.52. The molecule has 1 fully saturated rings. The first-order valence-corrected chi connectivity index (χ1v) is 14.5. The first-order valence-electron chi connectivity index (χ1n) is 12.1. The van der Waals surface area contributed by atoms with Crippen LogP contribution in [-0.2, 0) is 0 Å². The van der Waals surface area contributed by atoms with Gasteiger partial charge >= 0.3 is 0 Å². The molecule has 33 heavy (non-hydrogen) atoms. The smallest absolute Gasteiger partial charge is 0.288 e. The van der Waals surface area contributed by atoms with Crippen molar-refractivity contribution in [3.05, 3.63) is 60.7 Å². The Morgan fingerprint density at radius 2 is 0.939 bits per heavy atom. The van der Waals surface area contributed by atoms with Gasteiger partial charge in [-0.05, 0) is 93.1 Å². The van der Waals surface area contributed by atoms with Crippen LogP contribution in [0.1, 0.15) is 62.3 Å². The van der Waals surface area contributed by atoms with E-state index in [1.165, 1.54) is 0 Å². The zero-order valence-corrected chi connectivity index (χ0v) is 23.3. The summed E-state index contributed by atoms with van der Waals surface area (Å²) in [4.78, 5) is 4.15. The maximum Gasteiger partial charge on any atom is 0.288 e. The van der Waals surface area contributed by atoms with Crippen molar-refractivity contribution in [3.63, 3.8) is 0 Å². The highest BCUT2D eigenvalue weighted by atomic mass is 28.4. The van der Waals surface area contributed by atoms with Crippen molar-refractivity contribution >= 4 is 19.9 Å². The third-order valence-electron chi connectivity index (χ3n) is 6.03. The summed E-state index contributed by atoms with van der Waals surface area (Å²) in [6.07, 6.45) is 0.136. The van der Waals surface area contributed by atoms with Crippen LogP contribution in [0.5, 0.6) is 0 Å². The maximum absolute atomic E-state index is 4.15. The number of nitrogens with zero attached hydrogens (tertiary/aromatic N) is 2. The lowest BCUT2D eigenvalue weighted by Crippen LogP contribution is -2.77. The van der Waals surface area contributed by atoms with Gasteiger partial charge in [-0.1, -0.05) is 36.4 Å². The standard InChI is InChI=1S/C27H45N5Si/c1-25(2,3)30-33(10)31(26(4,5)6)23(28-21-17-13-11-14-18-21)24(32(33)27(7,8)9)29-22-19-15-12-16-20-22/h11-20,23-24,28-30H,1-10H3. The largest absolute Gasteiger partial charge is 0.367 e. The first-order chi connectivity index (χ1) is 15.1. The highest BCUT2D eigenvalue weighted by Gasteiger charge is 2.63. The van der Waals surface area contributed by atoms with Crippen molar-refractivity contribution in [2.75, 3.05) is 10.6 Å². The molecule has 0 spiro atoms. The normalized spacial score (nSPS) is 25.3. The number of para-hydroxylation sites is 2. The van der Waals surface area contributed by atoms with Crippen LogP contribution in [-0.4, -0.2) is 46.6 Å². The van der Waals surface area contributed by atoms with E-state index in [0.29, 0.717) is 0 Å². The summed E-state index contributed by atoms with van der Waals surface area (Å²) >= 11 is 0. The second kappa shape index (κ2) is 9.06. The molecule has 1 heterocycles. The van der Waals surface area contributed by atoms with Gasteiger partial charge in [0.25, 0.3) is 8.56 Å². The van der Waals surface area contributed by atoms with E-state index in [0.717, 1.165) is 11.4 Å². The molecule has 0 bridgehead atoms. The summed E-state index contributed by atoms with van der Waals surface area (Å²) in [7, 11) is -2.39. The molecule has 1 aliphatic heterocycles. The Balaban J connectivity index is 2.21. The number of nitrogens with one attached hydrogen (secondary N) is 3. The van der Waals surface area contributed by atoms with E-state index in [1.54, 1.807) is 0 Å². The molecule has 5 nitrogen and oxygen atoms in total. The quantitative estimate of drug-likeness (QED) is 0.468. The fraction of sp³-hybridized carbons (Fsp3) is 0.556. The second-order valence-corrected chi connectivity index (χ2v) is 15.6. The van der Waals surface area contributed by atoms with Crippen LogP contribution in [0.3, 0.4) is 0 Å². The number of benzene rings is 2. The van der Waals surface area contributed by atoms with Gasteiger partial charge < -0.3 is 15.6 Å². The second-order valence-electron chi connectivity index (χ2n) is 12.4. The topological polar surface area (TPSA) is 42.6 Å². The van der Waals surface area contributed by atoms with Crippen LogP contribution in [0.2, 0.25) is 6.55 Å². The average Bonchev–Trinajstić information content (AvgIpc) is 2.89. The van der Waals surface area contributed by atoms with Gasteiger partial charge in [-0.2, -0.15) is 0 Å². The van der Waals surface area contributed by atoms with Crippen LogP contribution >= 0.6 is 0 Å². The Morgan fingerprint density at radius 3 is 1.21 bits per heavy atom. The molecular formula is C27H45N5Si. The van der Waals surface area contributed by atoms with Gasteiger partial charge in [-0.25, -0.2) is 0 Å². The lowest BCUT2D eigenvalue weighted by molar-refractivity contribution is 0.181. The van der Waals surface area contributed by atoms with Crippen LogP contribution in [0.15, 0.2) is 60.7 Å². The minimum Gasteiger partial charge on any atom is -0.367 e. The monoisotopic (exact) mass is 467 g/mol. The first kappa shape index (κ1) is 25.8. The highest BCUT2D eigenvalue weighted by Crippen LogP contribution is 2.42. The van der Waals surface area contributed by atoms with Crippen molar-refractivity contribution in [3.8, 4) is 0 Å². The molecule has 182 valence electrons. The molecule has 3 rings (SSSR count). The summed E-state index contributed by atoms with van der Waals surface area (Å²) in [5.41, 5.74) is 2.15. The summed E-state index contributed by atoms with van der Waals surface area (Å²) in [6, 6.07) is 21.2. The Morgan fingerprint density at radius 1 is 0.606 bits per heavy atom. The Labute approximate surface area is 203 Å². The number of anilines is 2. The fourth-order valence-corrected chi connectivity index (χ4v) is 11.6. The summed E-state index contributed by atoms with van der Waals surface area (Å²) in [5, 5.41) is 7.85. The van der Waals surface area contributed by atoms with Crippen LogP contribution in [0.4, 0.5) is 11.4 Å². The van der Waals surface area contributed by atoms with E-state index in [2.05, 4.69) is 154 Å². The lowest BCUT2D eigenvalue weighted by atomic mass is 10.1. The summed E-state index contributed by atoms with van der Waals surface area (Å²) < 4.78 is 5.48. The van der Waals surface area contributed by atoms with Crippen molar-refractivity contribution in [1.82, 2.24) is 14.1 Å². The van der Waals surface area contributed by atoms with Gasteiger partial charge in [0.05, 0.1) is 0 Å². The van der Waals surface area contributed by atoms with Crippen LogP contribution in [0, 0.1) is 0 Å². The molecule has 1 aliphatic rings. The van der Waals surface area contributed by atoms with Crippen molar-refractivity contribution < 1.29 is 0 Å². The summed E-state index contributed by atoms with van der Waals surface area (Å²) in [5.74, 6) is 0. The van der Waals surface area contributed by atoms with Gasteiger partial charge in [0.2, 0.25) is 0 Å². The molecule has 3 N–H and O–H groups in total. The molecule has 2 aromatic carbocycles. The zero-order valence-electron chi connectivity index (χ0n) is 22.3. The van der Waals surface area contributed by atoms with Gasteiger partial charge in [-0.15, -0.1) is 0 Å². The minimum absolute atomic E-state index is 0.0209. The molecular weight excluding hydrogens is 422 g/mol. The Hall–Kier alpha value is -1.86. The van der Waals surface area contributed by atoms with Crippen LogP contribution < -0.4 is 15.6 Å². The molecule has 0 saturated carbocycles. The summed E-state index contributed by atoms with van der Waals surface area (Å²) in [6.45, 7) is 23.4. The van der Waals surface area contributed by atoms with Crippen molar-refractivity contribution in [1.29, 1.82) is 0 Å². The zero-order chi connectivity index (χ0) is 24.7. The van der Waals surface area contributed by atoms with E-state index in [4.69, 9.17) is 0 Å². The molecule has 0 aliphatic carbocycles. The molecule has 0 radical (unpaired) electrons. The third-order valence-corrected chi connectivity index (χ3v) is 11.0.